The number of rotatable bonds is 11. The number of hydrogen-bond acceptors (Lipinski definition) is 6. The molecule has 0 aliphatic heterocycles. The predicted octanol–water partition coefficient (Wildman–Crippen LogP) is 2.21. The fourth-order valence-corrected chi connectivity index (χ4v) is 2.21. The second-order valence-corrected chi connectivity index (χ2v) is 7.69. The van der Waals surface area contributed by atoms with Crippen LogP contribution in [0.4, 0.5) is 0 Å². The number of nitrogens with one attached hydrogen (secondary N) is 1. The summed E-state index contributed by atoms with van der Waals surface area (Å²) in [6.07, 6.45) is -0.773. The third-order valence-electron chi connectivity index (χ3n) is 4.15. The van der Waals surface area contributed by atoms with Crippen molar-refractivity contribution in [2.24, 2.45) is 11.3 Å². The van der Waals surface area contributed by atoms with E-state index in [9.17, 15) is 19.5 Å². The van der Waals surface area contributed by atoms with Gasteiger partial charge < -0.3 is 19.9 Å². The Morgan fingerprint density at radius 1 is 1.11 bits per heavy atom. The van der Waals surface area contributed by atoms with E-state index in [1.54, 1.807) is 27.7 Å². The Morgan fingerprint density at radius 3 is 2.36 bits per heavy atom. The largest absolute Gasteiger partial charge is 0.465 e. The molecule has 0 spiro atoms. The third-order valence-corrected chi connectivity index (χ3v) is 4.15. The lowest BCUT2D eigenvalue weighted by atomic mass is 9.87. The van der Waals surface area contributed by atoms with Gasteiger partial charge in [0.2, 0.25) is 5.91 Å². The van der Waals surface area contributed by atoms with E-state index in [-0.39, 0.29) is 44.0 Å². The van der Waals surface area contributed by atoms with E-state index in [0.717, 1.165) is 5.56 Å². The Balaban J connectivity index is 2.27. The van der Waals surface area contributed by atoms with E-state index in [4.69, 9.17) is 9.47 Å². The lowest BCUT2D eigenvalue weighted by Crippen LogP contribution is -2.46. The van der Waals surface area contributed by atoms with Gasteiger partial charge in [-0.1, -0.05) is 58.0 Å². The standard InChI is InChI=1S/C21H31NO6/c1-15(2)20(26)28-14-21(3,4)18(24)19(25)22-12-8-11-17(23)27-13-16-9-6-5-7-10-16/h5-7,9-10,15,18,24H,8,11-14H2,1-4H3,(H,22,25). The van der Waals surface area contributed by atoms with Gasteiger partial charge in [0.05, 0.1) is 12.5 Å². The molecule has 156 valence electrons. The van der Waals surface area contributed by atoms with Gasteiger partial charge in [-0.15, -0.1) is 0 Å². The molecule has 0 aliphatic carbocycles. The molecule has 0 fully saturated rings. The first-order valence-corrected chi connectivity index (χ1v) is 9.45. The minimum Gasteiger partial charge on any atom is -0.465 e. The van der Waals surface area contributed by atoms with Crippen LogP contribution in [0.15, 0.2) is 30.3 Å². The molecule has 1 amide bonds. The molecule has 2 N–H and O–H groups in total. The van der Waals surface area contributed by atoms with Gasteiger partial charge in [0.1, 0.15) is 12.7 Å². The summed E-state index contributed by atoms with van der Waals surface area (Å²) < 4.78 is 10.3. The molecule has 0 bridgehead atoms. The smallest absolute Gasteiger partial charge is 0.308 e. The van der Waals surface area contributed by atoms with Crippen LogP contribution < -0.4 is 5.32 Å². The quantitative estimate of drug-likeness (QED) is 0.441. The van der Waals surface area contributed by atoms with Gasteiger partial charge in [-0.25, -0.2) is 0 Å². The van der Waals surface area contributed by atoms with Crippen molar-refractivity contribution in [2.75, 3.05) is 13.2 Å². The van der Waals surface area contributed by atoms with Crippen molar-refractivity contribution in [1.29, 1.82) is 0 Å². The number of aliphatic hydroxyl groups excluding tert-OH is 1. The summed E-state index contributed by atoms with van der Waals surface area (Å²) in [5, 5.41) is 12.8. The minimum atomic E-state index is -1.34. The molecule has 1 aromatic carbocycles. The maximum absolute atomic E-state index is 12.1. The molecule has 28 heavy (non-hydrogen) atoms. The van der Waals surface area contributed by atoms with E-state index < -0.39 is 17.4 Å². The van der Waals surface area contributed by atoms with Gasteiger partial charge in [0.15, 0.2) is 0 Å². The molecular weight excluding hydrogens is 362 g/mol. The molecule has 0 saturated heterocycles. The molecule has 0 radical (unpaired) electrons. The van der Waals surface area contributed by atoms with Crippen LogP contribution in [0, 0.1) is 11.3 Å². The summed E-state index contributed by atoms with van der Waals surface area (Å²) in [6.45, 7) is 7.10. The number of ether oxygens (including phenoxy) is 2. The lowest BCUT2D eigenvalue weighted by molar-refractivity contribution is -0.156. The monoisotopic (exact) mass is 393 g/mol. The Bertz CT molecular complexity index is 642. The highest BCUT2D eigenvalue weighted by molar-refractivity contribution is 5.81. The number of aliphatic hydroxyl groups is 1. The highest BCUT2D eigenvalue weighted by atomic mass is 16.5. The molecule has 1 aromatic rings. The zero-order chi connectivity index (χ0) is 21.2. The molecule has 0 aromatic heterocycles. The van der Waals surface area contributed by atoms with Gasteiger partial charge in [-0.05, 0) is 12.0 Å². The average Bonchev–Trinajstić information content (AvgIpc) is 2.67. The van der Waals surface area contributed by atoms with E-state index >= 15 is 0 Å². The number of hydrogen-bond donors (Lipinski definition) is 2. The number of amides is 1. The zero-order valence-electron chi connectivity index (χ0n) is 17.1. The van der Waals surface area contributed by atoms with E-state index in [0.29, 0.717) is 6.42 Å². The van der Waals surface area contributed by atoms with Crippen LogP contribution in [0.3, 0.4) is 0 Å². The van der Waals surface area contributed by atoms with Crippen molar-refractivity contribution >= 4 is 17.8 Å². The summed E-state index contributed by atoms with van der Waals surface area (Å²) in [4.78, 5) is 35.4. The molecule has 0 heterocycles. The van der Waals surface area contributed by atoms with Gasteiger partial charge in [0.25, 0.3) is 0 Å². The average molecular weight is 393 g/mol. The SMILES string of the molecule is CC(C)C(=O)OCC(C)(C)C(O)C(=O)NCCCC(=O)OCc1ccccc1. The minimum absolute atomic E-state index is 0.0651. The molecule has 1 unspecified atom stereocenters. The Morgan fingerprint density at radius 2 is 1.75 bits per heavy atom. The van der Waals surface area contributed by atoms with Gasteiger partial charge >= 0.3 is 11.9 Å². The normalized spacial score (nSPS) is 12.4. The first-order valence-electron chi connectivity index (χ1n) is 9.45. The molecule has 0 saturated carbocycles. The summed E-state index contributed by atoms with van der Waals surface area (Å²) in [5.41, 5.74) is -0.0175. The van der Waals surface area contributed by atoms with Crippen molar-refractivity contribution in [2.45, 2.75) is 53.2 Å². The Hall–Kier alpha value is -2.41. The molecule has 1 atom stereocenters. The summed E-state index contributed by atoms with van der Waals surface area (Å²) in [6, 6.07) is 9.37. The van der Waals surface area contributed by atoms with Gasteiger partial charge in [-0.3, -0.25) is 14.4 Å². The first kappa shape index (κ1) is 23.6. The number of carbonyl (C=O) groups is 3. The number of benzene rings is 1. The van der Waals surface area contributed by atoms with Gasteiger partial charge in [0, 0.05) is 18.4 Å². The van der Waals surface area contributed by atoms with Crippen LogP contribution in [0.5, 0.6) is 0 Å². The van der Waals surface area contributed by atoms with Crippen molar-refractivity contribution in [3.63, 3.8) is 0 Å². The Kier molecular flexibility index (Phi) is 9.65. The van der Waals surface area contributed by atoms with Crippen molar-refractivity contribution in [3.8, 4) is 0 Å². The van der Waals surface area contributed by atoms with Crippen LogP contribution in [0.25, 0.3) is 0 Å². The van der Waals surface area contributed by atoms with Crippen molar-refractivity contribution < 1.29 is 29.0 Å². The molecule has 7 nitrogen and oxygen atoms in total. The summed E-state index contributed by atoms with van der Waals surface area (Å²) in [5.74, 6) is -1.57. The summed E-state index contributed by atoms with van der Waals surface area (Å²) in [7, 11) is 0. The number of esters is 2. The molecule has 1 rings (SSSR count). The zero-order valence-corrected chi connectivity index (χ0v) is 17.1. The molecular formula is C21H31NO6. The van der Waals surface area contributed by atoms with E-state index in [1.807, 2.05) is 30.3 Å². The molecule has 0 aliphatic rings. The van der Waals surface area contributed by atoms with E-state index in [2.05, 4.69) is 5.32 Å². The first-order chi connectivity index (χ1) is 13.1. The fraction of sp³-hybridized carbons (Fsp3) is 0.571. The number of carbonyl (C=O) groups excluding carboxylic acids is 3. The van der Waals surface area contributed by atoms with Crippen molar-refractivity contribution in [3.05, 3.63) is 35.9 Å². The van der Waals surface area contributed by atoms with Crippen LogP contribution in [0.2, 0.25) is 0 Å². The Labute approximate surface area is 166 Å². The third kappa shape index (κ3) is 8.52. The van der Waals surface area contributed by atoms with Crippen molar-refractivity contribution in [1.82, 2.24) is 5.32 Å². The second-order valence-electron chi connectivity index (χ2n) is 7.69. The van der Waals surface area contributed by atoms with Crippen LogP contribution >= 0.6 is 0 Å². The fourth-order valence-electron chi connectivity index (χ4n) is 2.21. The van der Waals surface area contributed by atoms with Crippen LogP contribution in [-0.2, 0) is 30.5 Å². The predicted molar refractivity (Wildman–Crippen MR) is 104 cm³/mol. The summed E-state index contributed by atoms with van der Waals surface area (Å²) >= 11 is 0. The highest BCUT2D eigenvalue weighted by Crippen LogP contribution is 2.22. The maximum atomic E-state index is 12.1. The van der Waals surface area contributed by atoms with E-state index in [1.165, 1.54) is 0 Å². The van der Waals surface area contributed by atoms with Gasteiger partial charge in [-0.2, -0.15) is 0 Å². The topological polar surface area (TPSA) is 102 Å². The second kappa shape index (κ2) is 11.4. The van der Waals surface area contributed by atoms with Crippen LogP contribution in [0.1, 0.15) is 46.1 Å². The van der Waals surface area contributed by atoms with Crippen LogP contribution in [-0.4, -0.2) is 42.2 Å². The lowest BCUT2D eigenvalue weighted by Gasteiger charge is -2.29. The maximum Gasteiger partial charge on any atom is 0.308 e. The highest BCUT2D eigenvalue weighted by Gasteiger charge is 2.35. The molecule has 7 heteroatoms.